The van der Waals surface area contributed by atoms with E-state index in [9.17, 15) is 9.18 Å². The van der Waals surface area contributed by atoms with Crippen molar-refractivity contribution in [1.29, 1.82) is 0 Å². The van der Waals surface area contributed by atoms with E-state index < -0.39 is 5.82 Å². The third-order valence-corrected chi connectivity index (χ3v) is 3.66. The van der Waals surface area contributed by atoms with E-state index in [2.05, 4.69) is 10.6 Å². The van der Waals surface area contributed by atoms with Crippen molar-refractivity contribution in [2.45, 2.75) is 31.7 Å². The fraction of sp³-hybridized carbons (Fsp3) is 0.500. The highest BCUT2D eigenvalue weighted by Crippen LogP contribution is 2.15. The summed E-state index contributed by atoms with van der Waals surface area (Å²) in [6, 6.07) is 4.40. The second-order valence-corrected chi connectivity index (χ2v) is 5.25. The molecule has 0 unspecified atom stereocenters. The zero-order valence-corrected chi connectivity index (χ0v) is 11.5. The van der Waals surface area contributed by atoms with Gasteiger partial charge in [-0.05, 0) is 37.6 Å². The molecule has 0 aromatic heterocycles. The van der Waals surface area contributed by atoms with Crippen LogP contribution >= 0.6 is 11.6 Å². The molecule has 1 atom stereocenters. The molecule has 5 heteroatoms. The van der Waals surface area contributed by atoms with Crippen LogP contribution in [0.5, 0.6) is 0 Å². The average molecular weight is 285 g/mol. The van der Waals surface area contributed by atoms with E-state index in [-0.39, 0.29) is 10.9 Å². The van der Waals surface area contributed by atoms with Gasteiger partial charge in [-0.3, -0.25) is 4.79 Å². The standard InChI is InChI=1S/C14H18ClFN2O/c15-12-6-5-10(8-13(12)16)14(19)18-9-11-4-2-1-3-7-17-11/h5-6,8,11,17H,1-4,7,9H2,(H,18,19)/t11-/m1/s1. The maximum Gasteiger partial charge on any atom is 0.251 e. The highest BCUT2D eigenvalue weighted by atomic mass is 35.5. The van der Waals surface area contributed by atoms with Gasteiger partial charge in [-0.2, -0.15) is 0 Å². The number of rotatable bonds is 3. The maximum absolute atomic E-state index is 13.3. The average Bonchev–Trinajstić information content (AvgIpc) is 2.67. The summed E-state index contributed by atoms with van der Waals surface area (Å²) in [7, 11) is 0. The van der Waals surface area contributed by atoms with Crippen molar-refractivity contribution in [3.63, 3.8) is 0 Å². The Bertz CT molecular complexity index is 445. The van der Waals surface area contributed by atoms with Crippen LogP contribution in [0.2, 0.25) is 5.02 Å². The van der Waals surface area contributed by atoms with E-state index in [4.69, 9.17) is 11.6 Å². The van der Waals surface area contributed by atoms with Gasteiger partial charge in [0, 0.05) is 18.2 Å². The zero-order valence-electron chi connectivity index (χ0n) is 10.7. The van der Waals surface area contributed by atoms with Crippen LogP contribution in [0, 0.1) is 5.82 Å². The molecule has 104 valence electrons. The monoisotopic (exact) mass is 284 g/mol. The molecule has 1 aromatic rings. The number of nitrogens with one attached hydrogen (secondary N) is 2. The number of carbonyl (C=O) groups excluding carboxylic acids is 1. The number of halogens is 2. The summed E-state index contributed by atoms with van der Waals surface area (Å²) >= 11 is 5.59. The lowest BCUT2D eigenvalue weighted by Gasteiger charge is -2.16. The molecular formula is C14H18ClFN2O. The van der Waals surface area contributed by atoms with E-state index in [1.54, 1.807) is 0 Å². The molecule has 0 saturated carbocycles. The minimum absolute atomic E-state index is 0.0296. The van der Waals surface area contributed by atoms with Gasteiger partial charge in [0.1, 0.15) is 5.82 Å². The van der Waals surface area contributed by atoms with Crippen LogP contribution in [-0.2, 0) is 0 Å². The largest absolute Gasteiger partial charge is 0.350 e. The van der Waals surface area contributed by atoms with Crippen molar-refractivity contribution in [2.24, 2.45) is 0 Å². The van der Waals surface area contributed by atoms with Crippen LogP contribution in [-0.4, -0.2) is 25.0 Å². The number of hydrogen-bond donors (Lipinski definition) is 2. The Balaban J connectivity index is 1.87. The topological polar surface area (TPSA) is 41.1 Å². The van der Waals surface area contributed by atoms with Crippen molar-refractivity contribution in [2.75, 3.05) is 13.1 Å². The van der Waals surface area contributed by atoms with Crippen molar-refractivity contribution >= 4 is 17.5 Å². The Morgan fingerprint density at radius 2 is 2.26 bits per heavy atom. The Morgan fingerprint density at radius 1 is 1.42 bits per heavy atom. The van der Waals surface area contributed by atoms with Gasteiger partial charge in [0.25, 0.3) is 5.91 Å². The van der Waals surface area contributed by atoms with E-state index >= 15 is 0 Å². The molecule has 0 aliphatic carbocycles. The molecule has 1 amide bonds. The zero-order chi connectivity index (χ0) is 13.7. The molecule has 3 nitrogen and oxygen atoms in total. The highest BCUT2D eigenvalue weighted by Gasteiger charge is 2.14. The molecule has 2 N–H and O–H groups in total. The van der Waals surface area contributed by atoms with Gasteiger partial charge in [-0.25, -0.2) is 4.39 Å². The van der Waals surface area contributed by atoms with Gasteiger partial charge < -0.3 is 10.6 Å². The molecule has 1 saturated heterocycles. The number of carbonyl (C=O) groups is 1. The smallest absolute Gasteiger partial charge is 0.251 e. The summed E-state index contributed by atoms with van der Waals surface area (Å²) in [6.07, 6.45) is 4.67. The van der Waals surface area contributed by atoms with Crippen molar-refractivity contribution < 1.29 is 9.18 Å². The fourth-order valence-corrected chi connectivity index (χ4v) is 2.35. The van der Waals surface area contributed by atoms with E-state index in [1.165, 1.54) is 31.4 Å². The fourth-order valence-electron chi connectivity index (χ4n) is 2.23. The molecule has 0 radical (unpaired) electrons. The lowest BCUT2D eigenvalue weighted by molar-refractivity contribution is 0.0948. The lowest BCUT2D eigenvalue weighted by Crippen LogP contribution is -2.40. The van der Waals surface area contributed by atoms with Crippen LogP contribution in [0.15, 0.2) is 18.2 Å². The summed E-state index contributed by atoms with van der Waals surface area (Å²) in [4.78, 5) is 11.9. The van der Waals surface area contributed by atoms with Gasteiger partial charge in [0.2, 0.25) is 0 Å². The molecule has 1 aliphatic rings. The summed E-state index contributed by atoms with van der Waals surface area (Å²) in [5.74, 6) is -0.830. The second-order valence-electron chi connectivity index (χ2n) is 4.84. The summed E-state index contributed by atoms with van der Waals surface area (Å²) in [5.41, 5.74) is 0.301. The van der Waals surface area contributed by atoms with E-state index in [1.807, 2.05) is 0 Å². The van der Waals surface area contributed by atoms with Gasteiger partial charge in [-0.15, -0.1) is 0 Å². The molecule has 1 heterocycles. The molecule has 0 bridgehead atoms. The minimum Gasteiger partial charge on any atom is -0.350 e. The Morgan fingerprint density at radius 3 is 3.05 bits per heavy atom. The van der Waals surface area contributed by atoms with Gasteiger partial charge in [-0.1, -0.05) is 24.4 Å². The molecule has 1 fully saturated rings. The van der Waals surface area contributed by atoms with Gasteiger partial charge in [0.15, 0.2) is 0 Å². The summed E-state index contributed by atoms with van der Waals surface area (Å²) in [5, 5.41) is 6.26. The predicted octanol–water partition coefficient (Wildman–Crippen LogP) is 2.74. The van der Waals surface area contributed by atoms with Crippen molar-refractivity contribution in [3.05, 3.63) is 34.6 Å². The summed E-state index contributed by atoms with van der Waals surface area (Å²) in [6.45, 7) is 1.57. The SMILES string of the molecule is O=C(NC[C@H]1CCCCCN1)c1ccc(Cl)c(F)c1. The molecule has 0 spiro atoms. The van der Waals surface area contributed by atoms with Crippen molar-refractivity contribution in [3.8, 4) is 0 Å². The first-order chi connectivity index (χ1) is 9.16. The van der Waals surface area contributed by atoms with Crippen LogP contribution in [0.3, 0.4) is 0 Å². The first-order valence-electron chi connectivity index (χ1n) is 6.63. The minimum atomic E-state index is -0.568. The molecule has 2 rings (SSSR count). The quantitative estimate of drug-likeness (QED) is 0.896. The first kappa shape index (κ1) is 14.3. The summed E-state index contributed by atoms with van der Waals surface area (Å²) < 4.78 is 13.3. The molecular weight excluding hydrogens is 267 g/mol. The molecule has 19 heavy (non-hydrogen) atoms. The third-order valence-electron chi connectivity index (χ3n) is 3.35. The number of benzene rings is 1. The number of amides is 1. The number of hydrogen-bond acceptors (Lipinski definition) is 2. The van der Waals surface area contributed by atoms with Gasteiger partial charge >= 0.3 is 0 Å². The van der Waals surface area contributed by atoms with E-state index in [0.717, 1.165) is 19.0 Å². The highest BCUT2D eigenvalue weighted by molar-refractivity contribution is 6.30. The van der Waals surface area contributed by atoms with Gasteiger partial charge in [0.05, 0.1) is 5.02 Å². The second kappa shape index (κ2) is 6.87. The predicted molar refractivity (Wildman–Crippen MR) is 74.0 cm³/mol. The molecule has 1 aromatic carbocycles. The van der Waals surface area contributed by atoms with Crippen LogP contribution in [0.25, 0.3) is 0 Å². The Hall–Kier alpha value is -1.13. The Kier molecular flexibility index (Phi) is 5.16. The first-order valence-corrected chi connectivity index (χ1v) is 7.01. The Labute approximate surface area is 117 Å². The van der Waals surface area contributed by atoms with Crippen LogP contribution in [0.1, 0.15) is 36.0 Å². The molecule has 1 aliphatic heterocycles. The van der Waals surface area contributed by atoms with Crippen molar-refractivity contribution in [1.82, 2.24) is 10.6 Å². The lowest BCUT2D eigenvalue weighted by atomic mass is 10.1. The maximum atomic E-state index is 13.3. The van der Waals surface area contributed by atoms with E-state index in [0.29, 0.717) is 18.2 Å². The third kappa shape index (κ3) is 4.18. The normalized spacial score (nSPS) is 19.8. The van der Waals surface area contributed by atoms with Crippen LogP contribution < -0.4 is 10.6 Å². The van der Waals surface area contributed by atoms with Crippen LogP contribution in [0.4, 0.5) is 4.39 Å².